The van der Waals surface area contributed by atoms with Crippen LogP contribution in [0.15, 0.2) is 48.5 Å². The van der Waals surface area contributed by atoms with Gasteiger partial charge in [-0.05, 0) is 47.2 Å². The van der Waals surface area contributed by atoms with Crippen LogP contribution in [0.1, 0.15) is 29.3 Å². The molecule has 2 aromatic carbocycles. The van der Waals surface area contributed by atoms with E-state index in [4.69, 9.17) is 0 Å². The second-order valence-electron chi connectivity index (χ2n) is 7.75. The lowest BCUT2D eigenvalue weighted by molar-refractivity contribution is -0.274. The van der Waals surface area contributed by atoms with Crippen LogP contribution in [0, 0.1) is 0 Å². The lowest BCUT2D eigenvalue weighted by atomic mass is 9.87. The van der Waals surface area contributed by atoms with E-state index in [1.807, 2.05) is 30.3 Å². The summed E-state index contributed by atoms with van der Waals surface area (Å²) >= 11 is 0. The molecule has 1 aliphatic rings. The molecule has 7 nitrogen and oxygen atoms in total. The van der Waals surface area contributed by atoms with Crippen molar-refractivity contribution in [2.75, 3.05) is 13.1 Å². The number of halogens is 6. The molecular weight excluding hydrogens is 466 g/mol. The fourth-order valence-corrected chi connectivity index (χ4v) is 3.99. The zero-order valence-corrected chi connectivity index (χ0v) is 17.6. The third kappa shape index (κ3) is 5.65. The topological polar surface area (TPSA) is 76.9 Å². The number of nitrogens with zero attached hydrogens (tertiary/aromatic N) is 4. The summed E-state index contributed by atoms with van der Waals surface area (Å²) in [7, 11) is 0. The lowest BCUT2D eigenvalue weighted by Gasteiger charge is -2.33. The number of ether oxygens (including phenoxy) is 1. The Labute approximate surface area is 190 Å². The van der Waals surface area contributed by atoms with Gasteiger partial charge in [0, 0.05) is 30.6 Å². The molecule has 0 unspecified atom stereocenters. The number of hydrogen-bond acceptors (Lipinski definition) is 6. The van der Waals surface area contributed by atoms with Gasteiger partial charge in [0.05, 0.1) is 5.69 Å². The Bertz CT molecular complexity index is 1100. The van der Waals surface area contributed by atoms with Gasteiger partial charge >= 0.3 is 12.5 Å². The number of hydrogen-bond donors (Lipinski definition) is 2. The molecule has 2 N–H and O–H groups in total. The summed E-state index contributed by atoms with van der Waals surface area (Å²) in [6.07, 6.45) is -9.11. The molecule has 0 bridgehead atoms. The first-order valence-corrected chi connectivity index (χ1v) is 10.4. The van der Waals surface area contributed by atoms with Crippen LogP contribution in [-0.2, 0) is 12.7 Å². The van der Waals surface area contributed by atoms with Gasteiger partial charge in [0.1, 0.15) is 5.75 Å². The zero-order valence-electron chi connectivity index (χ0n) is 17.6. The van der Waals surface area contributed by atoms with Crippen LogP contribution < -0.4 is 15.4 Å². The van der Waals surface area contributed by atoms with Crippen molar-refractivity contribution in [3.8, 4) is 11.4 Å². The Morgan fingerprint density at radius 1 is 1.06 bits per heavy atom. The summed E-state index contributed by atoms with van der Waals surface area (Å²) in [6.45, 7) is 1.32. The lowest BCUT2D eigenvalue weighted by Crippen LogP contribution is -2.45. The number of tetrazole rings is 1. The second-order valence-corrected chi connectivity index (χ2v) is 7.75. The molecule has 2 atom stereocenters. The second kappa shape index (κ2) is 9.58. The molecule has 4 rings (SSSR count). The first-order valence-electron chi connectivity index (χ1n) is 10.4. The predicted molar refractivity (Wildman–Crippen MR) is 108 cm³/mol. The van der Waals surface area contributed by atoms with Gasteiger partial charge in [-0.3, -0.25) is 0 Å². The van der Waals surface area contributed by atoms with Crippen molar-refractivity contribution in [1.82, 2.24) is 30.8 Å². The summed E-state index contributed by atoms with van der Waals surface area (Å²) in [5, 5.41) is 15.9. The number of rotatable bonds is 6. The highest BCUT2D eigenvalue weighted by molar-refractivity contribution is 5.44. The van der Waals surface area contributed by atoms with Crippen LogP contribution in [0.5, 0.6) is 5.75 Å². The molecule has 1 saturated heterocycles. The summed E-state index contributed by atoms with van der Waals surface area (Å²) < 4.78 is 83.0. The number of benzene rings is 2. The summed E-state index contributed by atoms with van der Waals surface area (Å²) in [6, 6.07) is 12.7. The fraction of sp³-hybridized carbons (Fsp3) is 0.381. The number of aromatic nitrogens is 4. The average molecular weight is 486 g/mol. The van der Waals surface area contributed by atoms with Crippen molar-refractivity contribution in [3.63, 3.8) is 0 Å². The molecule has 0 amide bonds. The Morgan fingerprint density at radius 3 is 2.53 bits per heavy atom. The molecule has 13 heteroatoms. The zero-order chi connectivity index (χ0) is 24.3. The third-order valence-electron chi connectivity index (χ3n) is 5.50. The number of piperidine rings is 1. The highest BCUT2D eigenvalue weighted by Gasteiger charge is 2.39. The summed E-state index contributed by atoms with van der Waals surface area (Å²) in [5.74, 6) is -1.85. The maximum Gasteiger partial charge on any atom is 0.573 e. The summed E-state index contributed by atoms with van der Waals surface area (Å²) in [4.78, 5) is 0. The standard InChI is InChI=1S/C21H20F6N6O/c22-20(23,24)19-30-31-32-33(19)15-6-7-18(34-21(25,26)27)14(10-15)11-29-17-8-9-28-12-16(17)13-4-2-1-3-5-13/h1-7,10,16-17,28-29H,8-9,11-12H2/t16-,17-/m0/s1. The van der Waals surface area contributed by atoms with Crippen LogP contribution in [0.2, 0.25) is 0 Å². The van der Waals surface area contributed by atoms with Gasteiger partial charge in [0.2, 0.25) is 0 Å². The van der Waals surface area contributed by atoms with Crippen LogP contribution in [0.3, 0.4) is 0 Å². The van der Waals surface area contributed by atoms with Gasteiger partial charge in [-0.25, -0.2) is 0 Å². The Balaban J connectivity index is 1.62. The molecule has 182 valence electrons. The largest absolute Gasteiger partial charge is 0.573 e. The molecule has 0 saturated carbocycles. The van der Waals surface area contributed by atoms with E-state index in [-0.39, 0.29) is 29.8 Å². The highest BCUT2D eigenvalue weighted by atomic mass is 19.4. The van der Waals surface area contributed by atoms with E-state index in [1.54, 1.807) is 0 Å². The number of nitrogens with one attached hydrogen (secondary N) is 2. The molecule has 34 heavy (non-hydrogen) atoms. The molecule has 1 fully saturated rings. The van der Waals surface area contributed by atoms with Crippen LogP contribution in [0.25, 0.3) is 5.69 Å². The van der Waals surface area contributed by atoms with Crippen molar-refractivity contribution in [2.45, 2.75) is 37.5 Å². The third-order valence-corrected chi connectivity index (χ3v) is 5.50. The minimum Gasteiger partial charge on any atom is -0.405 e. The van der Waals surface area contributed by atoms with E-state index in [9.17, 15) is 26.3 Å². The minimum absolute atomic E-state index is 0.0174. The SMILES string of the molecule is FC(F)(F)Oc1ccc(-n2nnnc2C(F)(F)F)cc1CN[C@H]1CCNC[C@H]1c1ccccc1. The van der Waals surface area contributed by atoms with E-state index in [0.29, 0.717) is 24.2 Å². The fourth-order valence-electron chi connectivity index (χ4n) is 3.99. The van der Waals surface area contributed by atoms with Crippen LogP contribution in [-0.4, -0.2) is 45.7 Å². The molecule has 1 aliphatic heterocycles. The quantitative estimate of drug-likeness (QED) is 0.516. The number of alkyl halides is 6. The van der Waals surface area contributed by atoms with Crippen molar-refractivity contribution in [3.05, 3.63) is 65.5 Å². The van der Waals surface area contributed by atoms with E-state index < -0.39 is 24.1 Å². The van der Waals surface area contributed by atoms with Gasteiger partial charge in [-0.1, -0.05) is 30.3 Å². The molecule has 3 aromatic rings. The van der Waals surface area contributed by atoms with Crippen LogP contribution in [0.4, 0.5) is 26.3 Å². The molecule has 0 radical (unpaired) electrons. The van der Waals surface area contributed by atoms with Crippen molar-refractivity contribution < 1.29 is 31.1 Å². The maximum absolute atomic E-state index is 13.2. The van der Waals surface area contributed by atoms with Crippen molar-refractivity contribution >= 4 is 0 Å². The van der Waals surface area contributed by atoms with E-state index in [0.717, 1.165) is 23.8 Å². The minimum atomic E-state index is -4.97. The normalized spacial score (nSPS) is 19.2. The van der Waals surface area contributed by atoms with Gasteiger partial charge in [-0.15, -0.1) is 18.3 Å². The van der Waals surface area contributed by atoms with Crippen molar-refractivity contribution in [1.29, 1.82) is 0 Å². The Kier molecular flexibility index (Phi) is 6.75. The average Bonchev–Trinajstić information content (AvgIpc) is 3.29. The smallest absolute Gasteiger partial charge is 0.405 e. The van der Waals surface area contributed by atoms with Gasteiger partial charge in [-0.2, -0.15) is 17.9 Å². The van der Waals surface area contributed by atoms with Crippen LogP contribution >= 0.6 is 0 Å². The predicted octanol–water partition coefficient (Wildman–Crippen LogP) is 3.82. The van der Waals surface area contributed by atoms with Gasteiger partial charge < -0.3 is 15.4 Å². The Morgan fingerprint density at radius 2 is 1.82 bits per heavy atom. The first kappa shape index (κ1) is 24.0. The molecule has 2 heterocycles. The maximum atomic E-state index is 13.2. The van der Waals surface area contributed by atoms with E-state index in [2.05, 4.69) is 30.9 Å². The molecule has 0 spiro atoms. The molecule has 0 aliphatic carbocycles. The summed E-state index contributed by atoms with van der Waals surface area (Å²) in [5.41, 5.74) is 0.939. The Hall–Kier alpha value is -3.19. The van der Waals surface area contributed by atoms with Gasteiger partial charge in [0.25, 0.3) is 5.82 Å². The monoisotopic (exact) mass is 486 g/mol. The van der Waals surface area contributed by atoms with Gasteiger partial charge in [0.15, 0.2) is 0 Å². The first-order chi connectivity index (χ1) is 16.1. The molecular formula is C21H20F6N6O. The van der Waals surface area contributed by atoms with E-state index in [1.165, 1.54) is 0 Å². The van der Waals surface area contributed by atoms with E-state index >= 15 is 0 Å². The molecule has 1 aromatic heterocycles. The van der Waals surface area contributed by atoms with Crippen molar-refractivity contribution in [2.24, 2.45) is 0 Å². The highest BCUT2D eigenvalue weighted by Crippen LogP contribution is 2.32.